The van der Waals surface area contributed by atoms with E-state index in [0.29, 0.717) is 0 Å². The molecule has 2 atom stereocenters. The van der Waals surface area contributed by atoms with Crippen LogP contribution in [0, 0.1) is 0 Å². The first-order valence-electron chi connectivity index (χ1n) is 7.69. The number of benzene rings is 1. The van der Waals surface area contributed by atoms with Crippen molar-refractivity contribution in [2.45, 2.75) is 31.3 Å². The number of anilines is 1. The van der Waals surface area contributed by atoms with Gasteiger partial charge in [-0.05, 0) is 31.4 Å². The van der Waals surface area contributed by atoms with E-state index in [4.69, 9.17) is 0 Å². The maximum absolute atomic E-state index is 12.5. The fourth-order valence-corrected chi connectivity index (χ4v) is 3.81. The van der Waals surface area contributed by atoms with Crippen LogP contribution in [-0.4, -0.2) is 53.5 Å². The molecule has 1 aromatic carbocycles. The molecule has 0 aliphatic carbocycles. The van der Waals surface area contributed by atoms with Crippen LogP contribution < -0.4 is 4.90 Å². The Labute approximate surface area is 124 Å². The molecule has 3 aliphatic rings. The Morgan fingerprint density at radius 1 is 1.00 bits per heavy atom. The van der Waals surface area contributed by atoms with Crippen molar-refractivity contribution in [3.05, 3.63) is 30.3 Å². The lowest BCUT2D eigenvalue weighted by molar-refractivity contribution is -0.129. The van der Waals surface area contributed by atoms with Gasteiger partial charge in [-0.1, -0.05) is 18.2 Å². The molecule has 0 spiro atoms. The van der Waals surface area contributed by atoms with E-state index in [2.05, 4.69) is 17.0 Å². The van der Waals surface area contributed by atoms with Crippen molar-refractivity contribution in [3.63, 3.8) is 0 Å². The topological polar surface area (TPSA) is 43.9 Å². The van der Waals surface area contributed by atoms with E-state index in [1.807, 2.05) is 18.2 Å². The summed E-state index contributed by atoms with van der Waals surface area (Å²) in [6, 6.07) is 9.97. The molecule has 5 heteroatoms. The first-order valence-corrected chi connectivity index (χ1v) is 7.69. The lowest BCUT2D eigenvalue weighted by Crippen LogP contribution is -2.43. The summed E-state index contributed by atoms with van der Waals surface area (Å²) in [6.45, 7) is 2.39. The zero-order valence-corrected chi connectivity index (χ0v) is 11.9. The fourth-order valence-electron chi connectivity index (χ4n) is 3.81. The van der Waals surface area contributed by atoms with Gasteiger partial charge in [0, 0.05) is 25.3 Å². The van der Waals surface area contributed by atoms with Crippen molar-refractivity contribution in [1.29, 1.82) is 0 Å². The Morgan fingerprint density at radius 2 is 1.81 bits per heavy atom. The third-order valence-electron chi connectivity index (χ3n) is 4.88. The molecular weight excluding hydrogens is 266 g/mol. The van der Waals surface area contributed by atoms with Gasteiger partial charge in [0.05, 0.1) is 6.04 Å². The average molecular weight is 285 g/mol. The number of carbonyl (C=O) groups excluding carboxylic acids is 2. The summed E-state index contributed by atoms with van der Waals surface area (Å²) >= 11 is 0. The lowest BCUT2D eigenvalue weighted by atomic mass is 10.2. The van der Waals surface area contributed by atoms with Crippen LogP contribution in [0.2, 0.25) is 0 Å². The van der Waals surface area contributed by atoms with Crippen molar-refractivity contribution >= 4 is 17.6 Å². The van der Waals surface area contributed by atoms with E-state index in [1.165, 1.54) is 10.6 Å². The largest absolute Gasteiger partial charge is 0.369 e. The fraction of sp³-hybridized carbons (Fsp3) is 0.500. The monoisotopic (exact) mass is 285 g/mol. The molecule has 0 N–H and O–H groups in total. The number of hydrogen-bond acceptors (Lipinski definition) is 3. The number of hydrogen-bond donors (Lipinski definition) is 0. The molecule has 0 unspecified atom stereocenters. The molecule has 5 nitrogen and oxygen atoms in total. The summed E-state index contributed by atoms with van der Waals surface area (Å²) in [5.41, 5.74) is 1.17. The van der Waals surface area contributed by atoms with Crippen molar-refractivity contribution in [3.8, 4) is 0 Å². The Bertz CT molecular complexity index is 552. The molecule has 0 saturated carbocycles. The van der Waals surface area contributed by atoms with Gasteiger partial charge in [0.2, 0.25) is 0 Å². The van der Waals surface area contributed by atoms with E-state index in [9.17, 15) is 9.59 Å². The minimum absolute atomic E-state index is 0.0239. The molecule has 3 fully saturated rings. The van der Waals surface area contributed by atoms with Crippen molar-refractivity contribution in [1.82, 2.24) is 9.80 Å². The average Bonchev–Trinajstić information content (AvgIpc) is 3.20. The van der Waals surface area contributed by atoms with Gasteiger partial charge >= 0.3 is 6.03 Å². The number of fused-ring (bicyclic) bond motifs is 1. The van der Waals surface area contributed by atoms with Crippen molar-refractivity contribution in [2.24, 2.45) is 0 Å². The highest BCUT2D eigenvalue weighted by Crippen LogP contribution is 2.32. The van der Waals surface area contributed by atoms with Crippen LogP contribution >= 0.6 is 0 Å². The summed E-state index contributed by atoms with van der Waals surface area (Å²) in [4.78, 5) is 30.5. The second kappa shape index (κ2) is 4.76. The smallest absolute Gasteiger partial charge is 0.327 e. The summed E-state index contributed by atoms with van der Waals surface area (Å²) in [6.07, 6.45) is 2.65. The summed E-state index contributed by atoms with van der Waals surface area (Å²) < 4.78 is 0. The van der Waals surface area contributed by atoms with Crippen LogP contribution in [-0.2, 0) is 4.79 Å². The number of rotatable bonds is 2. The Kier molecular flexibility index (Phi) is 2.87. The van der Waals surface area contributed by atoms with Gasteiger partial charge in [0.15, 0.2) is 0 Å². The Morgan fingerprint density at radius 3 is 2.57 bits per heavy atom. The molecule has 110 valence electrons. The minimum atomic E-state index is -0.178. The molecule has 21 heavy (non-hydrogen) atoms. The van der Waals surface area contributed by atoms with Crippen LogP contribution in [0.15, 0.2) is 30.3 Å². The molecule has 0 aromatic heterocycles. The number of imide groups is 1. The highest BCUT2D eigenvalue weighted by Gasteiger charge is 2.50. The molecule has 3 amide bonds. The van der Waals surface area contributed by atoms with Crippen LogP contribution in [0.5, 0.6) is 0 Å². The second-order valence-electron chi connectivity index (χ2n) is 6.07. The lowest BCUT2D eigenvalue weighted by Gasteiger charge is -2.23. The SMILES string of the molecule is O=C1[C@H]2CCCN2C(=O)N1[C@H]1CCN(c2ccccc2)C1. The number of nitrogens with zero attached hydrogens (tertiary/aromatic N) is 3. The van der Waals surface area contributed by atoms with E-state index in [0.717, 1.165) is 38.9 Å². The quantitative estimate of drug-likeness (QED) is 0.777. The molecule has 1 aromatic rings. The Hall–Kier alpha value is -2.04. The molecular formula is C16H19N3O2. The molecule has 0 bridgehead atoms. The number of carbonyl (C=O) groups is 2. The van der Waals surface area contributed by atoms with Gasteiger partial charge in [-0.3, -0.25) is 9.69 Å². The van der Waals surface area contributed by atoms with Gasteiger partial charge < -0.3 is 9.80 Å². The van der Waals surface area contributed by atoms with Crippen molar-refractivity contribution < 1.29 is 9.59 Å². The van der Waals surface area contributed by atoms with Crippen LogP contribution in [0.25, 0.3) is 0 Å². The second-order valence-corrected chi connectivity index (χ2v) is 6.07. The molecule has 3 aliphatic heterocycles. The van der Waals surface area contributed by atoms with Crippen LogP contribution in [0.1, 0.15) is 19.3 Å². The predicted molar refractivity (Wildman–Crippen MR) is 79.0 cm³/mol. The first-order chi connectivity index (χ1) is 10.3. The van der Waals surface area contributed by atoms with E-state index in [1.54, 1.807) is 4.90 Å². The van der Waals surface area contributed by atoms with Gasteiger partial charge in [-0.25, -0.2) is 4.79 Å². The van der Waals surface area contributed by atoms with Crippen LogP contribution in [0.3, 0.4) is 0 Å². The number of amides is 3. The third-order valence-corrected chi connectivity index (χ3v) is 4.88. The predicted octanol–water partition coefficient (Wildman–Crippen LogP) is 1.69. The number of para-hydroxylation sites is 1. The molecule has 3 heterocycles. The zero-order valence-electron chi connectivity index (χ0n) is 11.9. The van der Waals surface area contributed by atoms with Gasteiger partial charge in [-0.15, -0.1) is 0 Å². The molecule has 4 rings (SSSR count). The first kappa shape index (κ1) is 12.7. The third kappa shape index (κ3) is 1.91. The maximum Gasteiger partial charge on any atom is 0.327 e. The Balaban J connectivity index is 1.51. The summed E-state index contributed by atoms with van der Waals surface area (Å²) in [5.74, 6) is 0.0254. The van der Waals surface area contributed by atoms with E-state index < -0.39 is 0 Å². The van der Waals surface area contributed by atoms with Gasteiger partial charge in [0.1, 0.15) is 6.04 Å². The van der Waals surface area contributed by atoms with E-state index in [-0.39, 0.29) is 24.0 Å². The van der Waals surface area contributed by atoms with E-state index >= 15 is 0 Å². The van der Waals surface area contributed by atoms with Crippen LogP contribution in [0.4, 0.5) is 10.5 Å². The molecule has 3 saturated heterocycles. The maximum atomic E-state index is 12.5. The highest BCUT2D eigenvalue weighted by atomic mass is 16.2. The van der Waals surface area contributed by atoms with Gasteiger partial charge in [0.25, 0.3) is 5.91 Å². The number of urea groups is 1. The zero-order chi connectivity index (χ0) is 14.4. The summed E-state index contributed by atoms with van der Waals surface area (Å²) in [7, 11) is 0. The van der Waals surface area contributed by atoms with Crippen molar-refractivity contribution in [2.75, 3.05) is 24.5 Å². The minimum Gasteiger partial charge on any atom is -0.369 e. The highest BCUT2D eigenvalue weighted by molar-refractivity contribution is 6.05. The normalized spacial score (nSPS) is 28.7. The summed E-state index contributed by atoms with van der Waals surface area (Å²) in [5, 5.41) is 0. The standard InChI is InChI=1S/C16H19N3O2/c20-15-14-7-4-9-18(14)16(21)19(15)13-8-10-17(11-13)12-5-2-1-3-6-12/h1-3,5-6,13-14H,4,7-11H2/t13-,14+/m0/s1. The van der Waals surface area contributed by atoms with Gasteiger partial charge in [-0.2, -0.15) is 0 Å². The molecule has 0 radical (unpaired) electrons.